The van der Waals surface area contributed by atoms with Gasteiger partial charge in [-0.05, 0) is 81.6 Å². The van der Waals surface area contributed by atoms with E-state index in [0.29, 0.717) is 11.3 Å². The van der Waals surface area contributed by atoms with Crippen molar-refractivity contribution in [1.82, 2.24) is 10.2 Å². The van der Waals surface area contributed by atoms with Gasteiger partial charge in [-0.3, -0.25) is 13.9 Å². The van der Waals surface area contributed by atoms with Crippen molar-refractivity contribution in [1.29, 1.82) is 0 Å². The van der Waals surface area contributed by atoms with Crippen molar-refractivity contribution in [3.63, 3.8) is 0 Å². The molecule has 0 aliphatic heterocycles. The molecular formula is C36H40BrN3O4S. The van der Waals surface area contributed by atoms with Gasteiger partial charge in [0.1, 0.15) is 12.6 Å². The zero-order chi connectivity index (χ0) is 32.8. The molecule has 0 spiro atoms. The van der Waals surface area contributed by atoms with Crippen LogP contribution in [0.4, 0.5) is 5.69 Å². The maximum atomic E-state index is 14.6. The van der Waals surface area contributed by atoms with Gasteiger partial charge < -0.3 is 10.2 Å². The largest absolute Gasteiger partial charge is 0.350 e. The summed E-state index contributed by atoms with van der Waals surface area (Å²) in [6.07, 6.45) is 0.248. The van der Waals surface area contributed by atoms with Gasteiger partial charge in [0.2, 0.25) is 11.8 Å². The Labute approximate surface area is 275 Å². The fourth-order valence-corrected chi connectivity index (χ4v) is 7.10. The number of rotatable bonds is 11. The number of anilines is 1. The van der Waals surface area contributed by atoms with Crippen LogP contribution in [0.2, 0.25) is 0 Å². The summed E-state index contributed by atoms with van der Waals surface area (Å²) in [4.78, 5) is 30.2. The van der Waals surface area contributed by atoms with E-state index in [0.717, 1.165) is 25.5 Å². The van der Waals surface area contributed by atoms with E-state index in [2.05, 4.69) is 21.2 Å². The number of hydrogen-bond acceptors (Lipinski definition) is 4. The van der Waals surface area contributed by atoms with E-state index in [1.165, 1.54) is 17.0 Å². The Kier molecular flexibility index (Phi) is 10.9. The summed E-state index contributed by atoms with van der Waals surface area (Å²) >= 11 is 3.51. The molecule has 4 rings (SSSR count). The molecule has 0 bridgehead atoms. The molecule has 0 aliphatic rings. The maximum Gasteiger partial charge on any atom is 0.264 e. The fourth-order valence-electron chi connectivity index (χ4n) is 5.16. The lowest BCUT2D eigenvalue weighted by Gasteiger charge is -2.35. The third-order valence-electron chi connectivity index (χ3n) is 7.24. The van der Waals surface area contributed by atoms with Crippen LogP contribution in [0.15, 0.2) is 112 Å². The van der Waals surface area contributed by atoms with Gasteiger partial charge in [0.05, 0.1) is 10.6 Å². The number of nitrogens with one attached hydrogen (secondary N) is 1. The van der Waals surface area contributed by atoms with E-state index >= 15 is 0 Å². The van der Waals surface area contributed by atoms with Crippen molar-refractivity contribution in [2.45, 2.75) is 64.1 Å². The molecule has 0 aliphatic carbocycles. The van der Waals surface area contributed by atoms with Crippen LogP contribution in [-0.4, -0.2) is 43.3 Å². The van der Waals surface area contributed by atoms with Gasteiger partial charge in [0, 0.05) is 23.0 Å². The molecule has 45 heavy (non-hydrogen) atoms. The van der Waals surface area contributed by atoms with Crippen molar-refractivity contribution >= 4 is 43.5 Å². The molecule has 236 valence electrons. The first-order valence-electron chi connectivity index (χ1n) is 14.8. The molecule has 2 amide bonds. The second-order valence-corrected chi connectivity index (χ2v) is 15.0. The minimum absolute atomic E-state index is 0.0719. The number of aryl methyl sites for hydroxylation is 2. The molecule has 0 aromatic heterocycles. The molecule has 1 N–H and O–H groups in total. The van der Waals surface area contributed by atoms with E-state index < -0.39 is 34.1 Å². The molecule has 1 atom stereocenters. The van der Waals surface area contributed by atoms with Crippen molar-refractivity contribution in [2.24, 2.45) is 0 Å². The summed E-state index contributed by atoms with van der Waals surface area (Å²) in [5, 5.41) is 3.05. The topological polar surface area (TPSA) is 86.8 Å². The Bertz CT molecular complexity index is 1740. The number of sulfonamides is 1. The van der Waals surface area contributed by atoms with Crippen LogP contribution in [0.25, 0.3) is 0 Å². The van der Waals surface area contributed by atoms with Gasteiger partial charge in [-0.25, -0.2) is 8.42 Å². The lowest BCUT2D eigenvalue weighted by atomic mass is 10.0. The smallest absolute Gasteiger partial charge is 0.264 e. The monoisotopic (exact) mass is 689 g/mol. The van der Waals surface area contributed by atoms with Gasteiger partial charge >= 0.3 is 0 Å². The zero-order valence-corrected chi connectivity index (χ0v) is 28.7. The summed E-state index contributed by atoms with van der Waals surface area (Å²) in [6.45, 7) is 9.02. The summed E-state index contributed by atoms with van der Waals surface area (Å²) < 4.78 is 30.4. The van der Waals surface area contributed by atoms with Gasteiger partial charge in [0.25, 0.3) is 10.0 Å². The third-order valence-corrected chi connectivity index (χ3v) is 9.51. The Hall–Kier alpha value is -3.95. The number of nitrogens with zero attached hydrogens (tertiary/aromatic N) is 2. The van der Waals surface area contributed by atoms with Crippen molar-refractivity contribution in [3.8, 4) is 0 Å². The molecular weight excluding hydrogens is 650 g/mol. The van der Waals surface area contributed by atoms with Crippen molar-refractivity contribution < 1.29 is 18.0 Å². The second kappa shape index (κ2) is 14.4. The Balaban J connectivity index is 1.84. The Morgan fingerprint density at radius 2 is 1.44 bits per heavy atom. The predicted octanol–water partition coefficient (Wildman–Crippen LogP) is 6.82. The van der Waals surface area contributed by atoms with Crippen LogP contribution in [0, 0.1) is 13.8 Å². The summed E-state index contributed by atoms with van der Waals surface area (Å²) in [5.74, 6) is -0.821. The van der Waals surface area contributed by atoms with Gasteiger partial charge in [-0.15, -0.1) is 0 Å². The van der Waals surface area contributed by atoms with Crippen molar-refractivity contribution in [3.05, 3.63) is 130 Å². The SMILES string of the molecule is Cc1ccc(N(CC(=O)N(Cc2cccc(Br)c2)C(Cc2ccccc2)C(=O)NC(C)(C)C)S(=O)(=O)c2ccccc2)c(C)c1. The van der Waals surface area contributed by atoms with E-state index in [9.17, 15) is 18.0 Å². The number of halogens is 1. The first kappa shape index (κ1) is 33.9. The molecule has 4 aromatic carbocycles. The van der Waals surface area contributed by atoms with Crippen LogP contribution in [0.3, 0.4) is 0 Å². The zero-order valence-electron chi connectivity index (χ0n) is 26.3. The van der Waals surface area contributed by atoms with Crippen LogP contribution < -0.4 is 9.62 Å². The molecule has 0 heterocycles. The molecule has 0 saturated heterocycles. The Morgan fingerprint density at radius 3 is 2.04 bits per heavy atom. The minimum Gasteiger partial charge on any atom is -0.350 e. The van der Waals surface area contributed by atoms with E-state index in [1.807, 2.05) is 101 Å². The number of amides is 2. The van der Waals surface area contributed by atoms with E-state index in [4.69, 9.17) is 0 Å². The molecule has 4 aromatic rings. The van der Waals surface area contributed by atoms with Crippen LogP contribution in [0.1, 0.15) is 43.0 Å². The van der Waals surface area contributed by atoms with Crippen LogP contribution >= 0.6 is 15.9 Å². The quantitative estimate of drug-likeness (QED) is 0.187. The number of carbonyl (C=O) groups excluding carboxylic acids is 2. The number of benzene rings is 4. The number of carbonyl (C=O) groups is 2. The standard InChI is InChI=1S/C36H40BrN3O4S/c1-26-19-20-32(27(2)21-26)40(45(43,44)31-17-10-7-11-18-31)25-34(41)39(24-29-15-12-16-30(37)22-29)33(35(42)38-36(3,4)5)23-28-13-8-6-9-14-28/h6-22,33H,23-25H2,1-5H3,(H,38,42). The highest BCUT2D eigenvalue weighted by Gasteiger charge is 2.36. The highest BCUT2D eigenvalue weighted by Crippen LogP contribution is 2.29. The Morgan fingerprint density at radius 1 is 0.822 bits per heavy atom. The second-order valence-electron chi connectivity index (χ2n) is 12.2. The summed E-state index contributed by atoms with van der Waals surface area (Å²) in [6, 6.07) is 29.7. The molecule has 0 saturated carbocycles. The highest BCUT2D eigenvalue weighted by molar-refractivity contribution is 9.10. The fraction of sp³-hybridized carbons (Fsp3) is 0.278. The molecule has 1 unspecified atom stereocenters. The first-order chi connectivity index (χ1) is 21.2. The van der Waals surface area contributed by atoms with E-state index in [1.54, 1.807) is 24.3 Å². The molecule has 0 fully saturated rings. The molecule has 0 radical (unpaired) electrons. The third kappa shape index (κ3) is 9.05. The van der Waals surface area contributed by atoms with Crippen LogP contribution in [0.5, 0.6) is 0 Å². The predicted molar refractivity (Wildman–Crippen MR) is 183 cm³/mol. The summed E-state index contributed by atoms with van der Waals surface area (Å²) in [7, 11) is -4.15. The average Bonchev–Trinajstić information content (AvgIpc) is 2.98. The average molecular weight is 691 g/mol. The summed E-state index contributed by atoms with van der Waals surface area (Å²) in [5.41, 5.74) is 3.20. The van der Waals surface area contributed by atoms with Gasteiger partial charge in [0.15, 0.2) is 0 Å². The minimum atomic E-state index is -4.15. The van der Waals surface area contributed by atoms with Crippen LogP contribution in [-0.2, 0) is 32.6 Å². The molecule has 7 nitrogen and oxygen atoms in total. The highest BCUT2D eigenvalue weighted by atomic mass is 79.9. The molecule has 9 heteroatoms. The maximum absolute atomic E-state index is 14.6. The van der Waals surface area contributed by atoms with Crippen molar-refractivity contribution in [2.75, 3.05) is 10.8 Å². The normalized spacial score (nSPS) is 12.3. The van der Waals surface area contributed by atoms with E-state index in [-0.39, 0.29) is 23.8 Å². The van der Waals surface area contributed by atoms with Gasteiger partial charge in [-0.2, -0.15) is 0 Å². The lowest BCUT2D eigenvalue weighted by molar-refractivity contribution is -0.140. The lowest BCUT2D eigenvalue weighted by Crippen LogP contribution is -2.56. The first-order valence-corrected chi connectivity index (χ1v) is 17.0. The number of hydrogen-bond donors (Lipinski definition) is 1. The van der Waals surface area contributed by atoms with Gasteiger partial charge in [-0.1, -0.05) is 94.3 Å².